The molecule has 0 radical (unpaired) electrons. The number of aryl methyl sites for hydroxylation is 3. The molecule has 0 saturated heterocycles. The molecule has 1 aromatic carbocycles. The molecule has 1 aliphatic rings. The number of fused-ring (bicyclic) bond motifs is 1. The van der Waals surface area contributed by atoms with Gasteiger partial charge in [-0.1, -0.05) is 0 Å². The molecule has 3 rings (SSSR count). The van der Waals surface area contributed by atoms with Crippen molar-refractivity contribution in [1.29, 1.82) is 5.26 Å². The molecule has 0 atom stereocenters. The van der Waals surface area contributed by atoms with Crippen LogP contribution in [0.4, 0.5) is 0 Å². The van der Waals surface area contributed by atoms with Gasteiger partial charge in [0, 0.05) is 5.69 Å². The predicted octanol–water partition coefficient (Wildman–Crippen LogP) is 3.60. The number of methoxy groups -OCH3 is 2. The first-order valence-corrected chi connectivity index (χ1v) is 7.80. The van der Waals surface area contributed by atoms with Crippen LogP contribution in [0.3, 0.4) is 0 Å². The van der Waals surface area contributed by atoms with E-state index in [1.165, 1.54) is 12.7 Å². The Morgan fingerprint density at radius 3 is 2.62 bits per heavy atom. The van der Waals surface area contributed by atoms with Gasteiger partial charge in [0.15, 0.2) is 11.5 Å². The molecular formula is C19H22N2O3. The van der Waals surface area contributed by atoms with Crippen molar-refractivity contribution in [2.24, 2.45) is 0 Å². The molecule has 2 heterocycles. The third-order valence-corrected chi connectivity index (χ3v) is 3.68. The van der Waals surface area contributed by atoms with Crippen LogP contribution < -0.4 is 14.2 Å². The fourth-order valence-corrected chi connectivity index (χ4v) is 2.56. The van der Waals surface area contributed by atoms with Gasteiger partial charge in [-0.05, 0) is 56.0 Å². The van der Waals surface area contributed by atoms with Crippen molar-refractivity contribution in [3.05, 3.63) is 46.8 Å². The van der Waals surface area contributed by atoms with Crippen LogP contribution in [0.15, 0.2) is 24.4 Å². The summed E-state index contributed by atoms with van der Waals surface area (Å²) >= 11 is 0. The Balaban J connectivity index is 0.000000175. The molecule has 0 saturated carbocycles. The maximum atomic E-state index is 8.81. The molecule has 5 heteroatoms. The Morgan fingerprint density at radius 2 is 1.96 bits per heavy atom. The third kappa shape index (κ3) is 4.17. The second-order valence-electron chi connectivity index (χ2n) is 5.55. The smallest absolute Gasteiger partial charge is 0.178 e. The highest BCUT2D eigenvalue weighted by Gasteiger charge is 2.10. The second-order valence-corrected chi connectivity index (χ2v) is 5.55. The first kappa shape index (κ1) is 17.6. The van der Waals surface area contributed by atoms with Crippen molar-refractivity contribution < 1.29 is 14.2 Å². The number of nitrogens with zero attached hydrogens (tertiary/aromatic N) is 2. The summed E-state index contributed by atoms with van der Waals surface area (Å²) in [6, 6.07) is 7.76. The molecule has 5 nitrogen and oxygen atoms in total. The van der Waals surface area contributed by atoms with Gasteiger partial charge in [-0.15, -0.1) is 0 Å². The van der Waals surface area contributed by atoms with E-state index in [4.69, 9.17) is 19.5 Å². The van der Waals surface area contributed by atoms with E-state index >= 15 is 0 Å². The molecule has 2 aromatic rings. The lowest BCUT2D eigenvalue weighted by Gasteiger charge is -2.16. The van der Waals surface area contributed by atoms with Gasteiger partial charge in [0.2, 0.25) is 0 Å². The molecule has 0 N–H and O–H groups in total. The maximum Gasteiger partial charge on any atom is 0.178 e. The van der Waals surface area contributed by atoms with Gasteiger partial charge in [0.05, 0.1) is 32.6 Å². The quantitative estimate of drug-likeness (QED) is 0.843. The Morgan fingerprint density at radius 1 is 1.17 bits per heavy atom. The minimum absolute atomic E-state index is 0.496. The standard InChI is InChI=1S/C10H11NO2.C9H11NO/c1-7-4-8(6-11)10(13-3)9(5-7)12-2;1-7-5-8-3-2-4-11-9(8)6-10-7/h4-5H,1-3H3;5-6H,2-4H2,1H3. The van der Waals surface area contributed by atoms with Crippen LogP contribution >= 0.6 is 0 Å². The fraction of sp³-hybridized carbons (Fsp3) is 0.368. The summed E-state index contributed by atoms with van der Waals surface area (Å²) in [5.41, 5.74) is 3.87. The van der Waals surface area contributed by atoms with E-state index in [0.29, 0.717) is 17.1 Å². The van der Waals surface area contributed by atoms with Crippen LogP contribution in [-0.2, 0) is 6.42 Å². The van der Waals surface area contributed by atoms with E-state index in [2.05, 4.69) is 17.1 Å². The molecule has 0 aliphatic carbocycles. The van der Waals surface area contributed by atoms with Crippen molar-refractivity contribution >= 4 is 0 Å². The number of ether oxygens (including phenoxy) is 3. The Hall–Kier alpha value is -2.74. The van der Waals surface area contributed by atoms with Gasteiger partial charge in [0.1, 0.15) is 11.8 Å². The topological polar surface area (TPSA) is 64.4 Å². The van der Waals surface area contributed by atoms with Crippen molar-refractivity contribution in [2.75, 3.05) is 20.8 Å². The monoisotopic (exact) mass is 326 g/mol. The molecule has 0 bridgehead atoms. The minimum Gasteiger partial charge on any atom is -0.493 e. The molecule has 0 spiro atoms. The van der Waals surface area contributed by atoms with Crippen molar-refractivity contribution in [3.63, 3.8) is 0 Å². The second kappa shape index (κ2) is 8.21. The highest BCUT2D eigenvalue weighted by atomic mass is 16.5. The molecule has 24 heavy (non-hydrogen) atoms. The minimum atomic E-state index is 0.496. The van der Waals surface area contributed by atoms with Crippen LogP contribution in [0.5, 0.6) is 17.2 Å². The van der Waals surface area contributed by atoms with E-state index in [1.54, 1.807) is 13.2 Å². The molecule has 0 fully saturated rings. The summed E-state index contributed by atoms with van der Waals surface area (Å²) in [7, 11) is 3.08. The average molecular weight is 326 g/mol. The number of aromatic nitrogens is 1. The zero-order chi connectivity index (χ0) is 17.5. The summed E-state index contributed by atoms with van der Waals surface area (Å²) in [6.07, 6.45) is 4.10. The molecular weight excluding hydrogens is 304 g/mol. The molecule has 1 aromatic heterocycles. The zero-order valence-corrected chi connectivity index (χ0v) is 14.5. The fourth-order valence-electron chi connectivity index (χ4n) is 2.56. The van der Waals surface area contributed by atoms with Crippen LogP contribution in [0, 0.1) is 25.2 Å². The number of nitriles is 1. The Kier molecular flexibility index (Phi) is 6.02. The number of hydrogen-bond donors (Lipinski definition) is 0. The number of pyridine rings is 1. The summed E-state index contributed by atoms with van der Waals surface area (Å²) < 4.78 is 15.6. The van der Waals surface area contributed by atoms with E-state index in [9.17, 15) is 0 Å². The normalized spacial score (nSPS) is 12.0. The number of benzene rings is 1. The zero-order valence-electron chi connectivity index (χ0n) is 14.5. The van der Waals surface area contributed by atoms with Gasteiger partial charge in [0.25, 0.3) is 0 Å². The largest absolute Gasteiger partial charge is 0.493 e. The maximum absolute atomic E-state index is 8.81. The van der Waals surface area contributed by atoms with Gasteiger partial charge < -0.3 is 14.2 Å². The lowest BCUT2D eigenvalue weighted by molar-refractivity contribution is 0.287. The van der Waals surface area contributed by atoms with Gasteiger partial charge in [-0.3, -0.25) is 4.98 Å². The van der Waals surface area contributed by atoms with E-state index < -0.39 is 0 Å². The van der Waals surface area contributed by atoms with Crippen LogP contribution in [0.2, 0.25) is 0 Å². The Labute approximate surface area is 142 Å². The SMILES string of the molecule is COc1cc(C)cc(C#N)c1OC.Cc1cc2c(cn1)OCCC2. The van der Waals surface area contributed by atoms with Crippen LogP contribution in [0.25, 0.3) is 0 Å². The summed E-state index contributed by atoms with van der Waals surface area (Å²) in [5.74, 6) is 2.07. The predicted molar refractivity (Wildman–Crippen MR) is 91.8 cm³/mol. The number of rotatable bonds is 2. The van der Waals surface area contributed by atoms with E-state index in [0.717, 1.165) is 36.5 Å². The summed E-state index contributed by atoms with van der Waals surface area (Å²) in [5, 5.41) is 8.81. The summed E-state index contributed by atoms with van der Waals surface area (Å²) in [4.78, 5) is 4.17. The lowest BCUT2D eigenvalue weighted by atomic mass is 10.1. The van der Waals surface area contributed by atoms with E-state index in [-0.39, 0.29) is 0 Å². The molecule has 0 unspecified atom stereocenters. The van der Waals surface area contributed by atoms with Crippen molar-refractivity contribution in [2.45, 2.75) is 26.7 Å². The first-order chi connectivity index (χ1) is 11.6. The highest BCUT2D eigenvalue weighted by molar-refractivity contribution is 5.54. The van der Waals surface area contributed by atoms with E-state index in [1.807, 2.05) is 26.1 Å². The van der Waals surface area contributed by atoms with Gasteiger partial charge >= 0.3 is 0 Å². The average Bonchev–Trinajstić information content (AvgIpc) is 2.61. The molecule has 1 aliphatic heterocycles. The van der Waals surface area contributed by atoms with Gasteiger partial charge in [-0.25, -0.2) is 0 Å². The van der Waals surface area contributed by atoms with Crippen LogP contribution in [0.1, 0.15) is 28.8 Å². The highest BCUT2D eigenvalue weighted by Crippen LogP contribution is 2.31. The third-order valence-electron chi connectivity index (χ3n) is 3.68. The molecule has 126 valence electrons. The van der Waals surface area contributed by atoms with Gasteiger partial charge in [-0.2, -0.15) is 5.26 Å². The number of hydrogen-bond acceptors (Lipinski definition) is 5. The van der Waals surface area contributed by atoms with Crippen molar-refractivity contribution in [3.8, 4) is 23.3 Å². The Bertz CT molecular complexity index is 751. The van der Waals surface area contributed by atoms with Crippen LogP contribution in [-0.4, -0.2) is 25.8 Å². The molecule has 0 amide bonds. The first-order valence-electron chi connectivity index (χ1n) is 7.80. The van der Waals surface area contributed by atoms with Crippen molar-refractivity contribution in [1.82, 2.24) is 4.98 Å². The lowest BCUT2D eigenvalue weighted by Crippen LogP contribution is -2.08. The summed E-state index contributed by atoms with van der Waals surface area (Å²) in [6.45, 7) is 4.76.